The van der Waals surface area contributed by atoms with Gasteiger partial charge in [-0.05, 0) is 75.8 Å². The summed E-state index contributed by atoms with van der Waals surface area (Å²) in [6, 6.07) is 12.9. The first-order chi connectivity index (χ1) is 18.6. The minimum atomic E-state index is -0.485. The van der Waals surface area contributed by atoms with Crippen LogP contribution in [0.1, 0.15) is 50.5 Å². The molecule has 0 bridgehead atoms. The lowest BCUT2D eigenvalue weighted by Crippen LogP contribution is -2.43. The highest BCUT2D eigenvalue weighted by atomic mass is 16.6. The van der Waals surface area contributed by atoms with Gasteiger partial charge in [-0.25, -0.2) is 9.78 Å². The fraction of sp³-hybridized carbons (Fsp3) is 0.448. The lowest BCUT2D eigenvalue weighted by Gasteiger charge is -2.40. The highest BCUT2D eigenvalue weighted by Gasteiger charge is 2.43. The summed E-state index contributed by atoms with van der Waals surface area (Å²) in [5.74, 6) is 0.260. The van der Waals surface area contributed by atoms with Crippen LogP contribution in [0.5, 0.6) is 5.75 Å². The van der Waals surface area contributed by atoms with Crippen molar-refractivity contribution >= 4 is 23.4 Å². The number of hydrogen-bond acceptors (Lipinski definition) is 7. The van der Waals surface area contributed by atoms with Gasteiger partial charge in [0.25, 0.3) is 5.91 Å². The Bertz CT molecular complexity index is 1330. The molecule has 0 radical (unpaired) electrons. The second kappa shape index (κ2) is 10.6. The second-order valence-corrected chi connectivity index (χ2v) is 11.3. The number of carbonyl (C=O) groups is 2. The highest BCUT2D eigenvalue weighted by molar-refractivity contribution is 6.04. The zero-order valence-corrected chi connectivity index (χ0v) is 23.0. The molecule has 2 aliphatic heterocycles. The summed E-state index contributed by atoms with van der Waals surface area (Å²) in [6.45, 7) is 8.98. The quantitative estimate of drug-likeness (QED) is 0.478. The number of benzene rings is 1. The van der Waals surface area contributed by atoms with Gasteiger partial charge in [0.05, 0.1) is 18.5 Å². The van der Waals surface area contributed by atoms with Gasteiger partial charge in [0.2, 0.25) is 0 Å². The monoisotopic (exact) mass is 532 g/mol. The number of nitrogens with one attached hydrogen (secondary N) is 2. The molecule has 5 rings (SSSR count). The minimum Gasteiger partial charge on any atom is -0.494 e. The molecule has 2 saturated heterocycles. The molecule has 3 aromatic rings. The molecule has 0 atom stereocenters. The summed E-state index contributed by atoms with van der Waals surface area (Å²) in [5.41, 5.74) is 2.86. The van der Waals surface area contributed by atoms with Crippen LogP contribution in [-0.4, -0.2) is 71.0 Å². The van der Waals surface area contributed by atoms with Crippen molar-refractivity contribution in [3.05, 3.63) is 54.4 Å². The zero-order valence-electron chi connectivity index (χ0n) is 23.0. The van der Waals surface area contributed by atoms with E-state index in [2.05, 4.69) is 25.4 Å². The van der Waals surface area contributed by atoms with Crippen molar-refractivity contribution in [2.45, 2.75) is 45.6 Å². The largest absolute Gasteiger partial charge is 0.494 e. The summed E-state index contributed by atoms with van der Waals surface area (Å²) in [5, 5.41) is 9.82. The molecule has 1 aromatic carbocycles. The van der Waals surface area contributed by atoms with Crippen LogP contribution in [0.2, 0.25) is 0 Å². The maximum absolute atomic E-state index is 13.0. The predicted octanol–water partition coefficient (Wildman–Crippen LogP) is 4.96. The molecule has 0 aliphatic carbocycles. The average Bonchev–Trinajstić information content (AvgIpc) is 3.60. The van der Waals surface area contributed by atoms with E-state index in [1.807, 2.05) is 49.9 Å². The normalized spacial score (nSPS) is 16.8. The molecule has 2 fully saturated rings. The van der Waals surface area contributed by atoms with Crippen molar-refractivity contribution in [3.63, 3.8) is 0 Å². The molecule has 0 unspecified atom stereocenters. The van der Waals surface area contributed by atoms with E-state index in [0.717, 1.165) is 51.1 Å². The first-order valence-corrected chi connectivity index (χ1v) is 13.3. The number of amides is 2. The Morgan fingerprint density at radius 2 is 1.79 bits per heavy atom. The number of H-pyrrole nitrogens is 1. The number of pyridine rings is 1. The number of rotatable bonds is 5. The van der Waals surface area contributed by atoms with Gasteiger partial charge in [-0.2, -0.15) is 5.10 Å². The topological polar surface area (TPSA) is 113 Å². The van der Waals surface area contributed by atoms with Crippen LogP contribution in [0.4, 0.5) is 16.2 Å². The summed E-state index contributed by atoms with van der Waals surface area (Å²) in [7, 11) is 1.60. The van der Waals surface area contributed by atoms with Crippen LogP contribution in [0.3, 0.4) is 0 Å². The average molecular weight is 533 g/mol. The second-order valence-electron chi connectivity index (χ2n) is 11.3. The van der Waals surface area contributed by atoms with Gasteiger partial charge in [0.15, 0.2) is 0 Å². The number of methoxy groups -OCH3 is 1. The van der Waals surface area contributed by atoms with Crippen molar-refractivity contribution in [1.29, 1.82) is 0 Å². The molecule has 2 amide bonds. The molecule has 39 heavy (non-hydrogen) atoms. The van der Waals surface area contributed by atoms with E-state index in [4.69, 9.17) is 9.47 Å². The molecule has 4 heterocycles. The SMILES string of the molecule is COc1cc(N2CCC3(CCN(C(=O)OC(C)(C)C)C3)CC2)ccc1NC(=O)c1cccc(-c2cc[nH]n2)n1. The van der Waals surface area contributed by atoms with E-state index in [0.29, 0.717) is 28.5 Å². The Labute approximate surface area is 228 Å². The van der Waals surface area contributed by atoms with E-state index in [-0.39, 0.29) is 17.4 Å². The van der Waals surface area contributed by atoms with E-state index < -0.39 is 5.60 Å². The van der Waals surface area contributed by atoms with Gasteiger partial charge < -0.3 is 24.6 Å². The lowest BCUT2D eigenvalue weighted by molar-refractivity contribution is 0.0266. The van der Waals surface area contributed by atoms with Crippen molar-refractivity contribution < 1.29 is 19.1 Å². The molecule has 1 spiro atoms. The predicted molar refractivity (Wildman–Crippen MR) is 149 cm³/mol. The van der Waals surface area contributed by atoms with E-state index in [9.17, 15) is 9.59 Å². The van der Waals surface area contributed by atoms with Gasteiger partial charge in [-0.3, -0.25) is 9.89 Å². The molecule has 0 saturated carbocycles. The van der Waals surface area contributed by atoms with Crippen LogP contribution >= 0.6 is 0 Å². The van der Waals surface area contributed by atoms with Gasteiger partial charge in [0.1, 0.15) is 22.7 Å². The third-order valence-corrected chi connectivity index (χ3v) is 7.46. The first-order valence-electron chi connectivity index (χ1n) is 13.3. The number of carbonyl (C=O) groups excluding carboxylic acids is 2. The fourth-order valence-corrected chi connectivity index (χ4v) is 5.34. The number of nitrogens with zero attached hydrogens (tertiary/aromatic N) is 4. The van der Waals surface area contributed by atoms with Gasteiger partial charge >= 0.3 is 6.09 Å². The van der Waals surface area contributed by atoms with Crippen LogP contribution < -0.4 is 15.0 Å². The van der Waals surface area contributed by atoms with E-state index in [1.54, 1.807) is 31.5 Å². The highest BCUT2D eigenvalue weighted by Crippen LogP contribution is 2.42. The van der Waals surface area contributed by atoms with Gasteiger partial charge in [-0.15, -0.1) is 0 Å². The molecular formula is C29H36N6O4. The summed E-state index contributed by atoms with van der Waals surface area (Å²) < 4.78 is 11.2. The number of anilines is 2. The maximum atomic E-state index is 13.0. The van der Waals surface area contributed by atoms with Crippen molar-refractivity contribution in [1.82, 2.24) is 20.1 Å². The number of aromatic amines is 1. The Balaban J connectivity index is 1.21. The molecule has 2 N–H and O–H groups in total. The van der Waals surface area contributed by atoms with E-state index in [1.165, 1.54) is 0 Å². The Morgan fingerprint density at radius 3 is 2.49 bits per heavy atom. The summed E-state index contributed by atoms with van der Waals surface area (Å²) >= 11 is 0. The smallest absolute Gasteiger partial charge is 0.410 e. The third kappa shape index (κ3) is 6.00. The molecule has 10 heteroatoms. The van der Waals surface area contributed by atoms with Crippen LogP contribution in [0.25, 0.3) is 11.4 Å². The van der Waals surface area contributed by atoms with Crippen LogP contribution in [0.15, 0.2) is 48.7 Å². The molecule has 2 aromatic heterocycles. The standard InChI is InChI=1S/C29H36N6O4/c1-28(2,3)39-27(37)35-17-13-29(19-35)11-15-34(16-12-29)20-8-9-23(25(18-20)38-4)32-26(36)24-7-5-6-21(31-24)22-10-14-30-33-22/h5-10,14,18H,11-13,15-17,19H2,1-4H3,(H,30,33)(H,32,36). The molecule has 10 nitrogen and oxygen atoms in total. The van der Waals surface area contributed by atoms with Crippen LogP contribution in [-0.2, 0) is 4.74 Å². The van der Waals surface area contributed by atoms with Crippen molar-refractivity contribution in [2.75, 3.05) is 43.5 Å². The van der Waals surface area contributed by atoms with Gasteiger partial charge in [-0.1, -0.05) is 6.07 Å². The fourth-order valence-electron chi connectivity index (χ4n) is 5.34. The minimum absolute atomic E-state index is 0.142. The third-order valence-electron chi connectivity index (χ3n) is 7.46. The number of piperidine rings is 1. The van der Waals surface area contributed by atoms with Crippen LogP contribution in [0, 0.1) is 5.41 Å². The zero-order chi connectivity index (χ0) is 27.6. The Hall–Kier alpha value is -4.08. The Kier molecular flexibility index (Phi) is 7.20. The molecular weight excluding hydrogens is 496 g/mol. The maximum Gasteiger partial charge on any atom is 0.410 e. The first kappa shape index (κ1) is 26.5. The van der Waals surface area contributed by atoms with Crippen molar-refractivity contribution in [3.8, 4) is 17.1 Å². The van der Waals surface area contributed by atoms with Gasteiger partial charge in [0, 0.05) is 44.1 Å². The number of aromatic nitrogens is 3. The summed E-state index contributed by atoms with van der Waals surface area (Å²) in [6.07, 6.45) is 4.51. The lowest BCUT2D eigenvalue weighted by atomic mass is 9.77. The summed E-state index contributed by atoms with van der Waals surface area (Å²) in [4.78, 5) is 34.2. The Morgan fingerprint density at radius 1 is 1.03 bits per heavy atom. The number of ether oxygens (including phenoxy) is 2. The van der Waals surface area contributed by atoms with Crippen molar-refractivity contribution in [2.24, 2.45) is 5.41 Å². The van der Waals surface area contributed by atoms with E-state index >= 15 is 0 Å². The number of hydrogen-bond donors (Lipinski definition) is 2. The number of likely N-dealkylation sites (tertiary alicyclic amines) is 1. The molecule has 2 aliphatic rings. The molecule has 206 valence electrons.